The Bertz CT molecular complexity index is 1050. The van der Waals surface area contributed by atoms with Gasteiger partial charge in [0.2, 0.25) is 5.91 Å². The Morgan fingerprint density at radius 2 is 1.66 bits per heavy atom. The Labute approximate surface area is 205 Å². The van der Waals surface area contributed by atoms with Gasteiger partial charge in [-0.2, -0.15) is 0 Å². The molecule has 2 aromatic carbocycles. The summed E-state index contributed by atoms with van der Waals surface area (Å²) in [6.45, 7) is 3.67. The van der Waals surface area contributed by atoms with Crippen LogP contribution in [0, 0.1) is 5.92 Å². The molecule has 2 amide bonds. The van der Waals surface area contributed by atoms with E-state index in [1.54, 1.807) is 0 Å². The molecule has 0 bridgehead atoms. The Balaban J connectivity index is 1.37. The zero-order chi connectivity index (χ0) is 24.8. The van der Waals surface area contributed by atoms with Gasteiger partial charge in [0.25, 0.3) is 0 Å². The molecule has 2 N–H and O–H groups in total. The molecule has 0 spiro atoms. The Morgan fingerprint density at radius 3 is 2.29 bits per heavy atom. The minimum Gasteiger partial charge on any atom is -0.480 e. The lowest BCUT2D eigenvalue weighted by Crippen LogP contribution is -2.45. The van der Waals surface area contributed by atoms with Gasteiger partial charge < -0.3 is 20.1 Å². The van der Waals surface area contributed by atoms with Crippen LogP contribution in [-0.4, -0.2) is 53.7 Å². The first-order valence-electron chi connectivity index (χ1n) is 12.2. The summed E-state index contributed by atoms with van der Waals surface area (Å²) in [6.07, 6.45) is 4.73. The molecule has 7 heteroatoms. The standard InChI is InChI=1S/C28H32N2O5/c1-2-15-30(17-27(32)33)26(31)16-19-9-3-8-14-25(19)29-28(34)35-18-24-22-12-6-4-10-20(22)21-11-5-7-13-23(21)24/h2,4-7,10-13,19,24-25H,1,3,8-9,14-18H2,(H,29,34)(H,32,33). The van der Waals surface area contributed by atoms with Crippen molar-refractivity contribution in [2.24, 2.45) is 5.92 Å². The number of rotatable bonds is 9. The van der Waals surface area contributed by atoms with Crippen LogP contribution < -0.4 is 5.32 Å². The maximum Gasteiger partial charge on any atom is 0.407 e. The van der Waals surface area contributed by atoms with Crippen LogP contribution in [0.1, 0.15) is 49.1 Å². The number of carboxylic acid groups (broad SMARTS) is 1. The predicted octanol–water partition coefficient (Wildman–Crippen LogP) is 4.57. The highest BCUT2D eigenvalue weighted by atomic mass is 16.5. The van der Waals surface area contributed by atoms with Gasteiger partial charge in [-0.3, -0.25) is 9.59 Å². The SMILES string of the molecule is C=CCN(CC(=O)O)C(=O)CC1CCCCC1NC(=O)OCC1c2ccccc2-c2ccccc21. The maximum atomic E-state index is 12.8. The number of benzene rings is 2. The van der Waals surface area contributed by atoms with Gasteiger partial charge in [0.1, 0.15) is 13.2 Å². The minimum atomic E-state index is -1.06. The summed E-state index contributed by atoms with van der Waals surface area (Å²) in [5, 5.41) is 12.1. The first-order valence-corrected chi connectivity index (χ1v) is 12.2. The average Bonchev–Trinajstić information content (AvgIpc) is 3.17. The topological polar surface area (TPSA) is 95.9 Å². The number of carbonyl (C=O) groups is 3. The quantitative estimate of drug-likeness (QED) is 0.517. The van der Waals surface area contributed by atoms with Crippen LogP contribution in [0.15, 0.2) is 61.2 Å². The van der Waals surface area contributed by atoms with E-state index in [2.05, 4.69) is 36.2 Å². The highest BCUT2D eigenvalue weighted by molar-refractivity contribution is 5.82. The van der Waals surface area contributed by atoms with E-state index in [4.69, 9.17) is 9.84 Å². The van der Waals surface area contributed by atoms with Gasteiger partial charge in [-0.05, 0) is 41.0 Å². The second-order valence-electron chi connectivity index (χ2n) is 9.28. The third kappa shape index (κ3) is 5.73. The van der Waals surface area contributed by atoms with Gasteiger partial charge in [0, 0.05) is 24.9 Å². The van der Waals surface area contributed by atoms with Crippen molar-refractivity contribution in [3.8, 4) is 11.1 Å². The molecule has 0 heterocycles. The fraction of sp³-hybridized carbons (Fsp3) is 0.393. The van der Waals surface area contributed by atoms with E-state index in [0.717, 1.165) is 36.8 Å². The number of nitrogens with zero attached hydrogens (tertiary/aromatic N) is 1. The van der Waals surface area contributed by atoms with Crippen LogP contribution in [0.3, 0.4) is 0 Å². The molecule has 35 heavy (non-hydrogen) atoms. The van der Waals surface area contributed by atoms with Gasteiger partial charge in [-0.1, -0.05) is 67.4 Å². The Morgan fingerprint density at radius 1 is 1.03 bits per heavy atom. The third-order valence-corrected chi connectivity index (χ3v) is 7.02. The van der Waals surface area contributed by atoms with Crippen molar-refractivity contribution >= 4 is 18.0 Å². The van der Waals surface area contributed by atoms with Crippen molar-refractivity contribution in [1.82, 2.24) is 10.2 Å². The lowest BCUT2D eigenvalue weighted by molar-refractivity contribution is -0.144. The monoisotopic (exact) mass is 476 g/mol. The first-order chi connectivity index (χ1) is 17.0. The maximum absolute atomic E-state index is 12.8. The summed E-state index contributed by atoms with van der Waals surface area (Å²) >= 11 is 0. The number of amides is 2. The first kappa shape index (κ1) is 24.5. The molecule has 4 rings (SSSR count). The summed E-state index contributed by atoms with van der Waals surface area (Å²) < 4.78 is 5.70. The second kappa shape index (κ2) is 11.2. The van der Waals surface area contributed by atoms with Gasteiger partial charge >= 0.3 is 12.1 Å². The molecular formula is C28H32N2O5. The van der Waals surface area contributed by atoms with E-state index < -0.39 is 12.1 Å². The zero-order valence-corrected chi connectivity index (χ0v) is 19.8. The summed E-state index contributed by atoms with van der Waals surface area (Å²) in [6, 6.07) is 16.2. The van der Waals surface area contributed by atoms with E-state index in [1.165, 1.54) is 22.1 Å². The van der Waals surface area contributed by atoms with Gasteiger partial charge in [-0.25, -0.2) is 4.79 Å². The van der Waals surface area contributed by atoms with Crippen LogP contribution in [0.25, 0.3) is 11.1 Å². The summed E-state index contributed by atoms with van der Waals surface area (Å²) in [4.78, 5) is 38.0. The number of carboxylic acids is 1. The number of ether oxygens (including phenoxy) is 1. The fourth-order valence-corrected chi connectivity index (χ4v) is 5.36. The molecule has 184 valence electrons. The molecule has 2 atom stereocenters. The Hall–Kier alpha value is -3.61. The van der Waals surface area contributed by atoms with Crippen LogP contribution in [0.5, 0.6) is 0 Å². The van der Waals surface area contributed by atoms with Gasteiger partial charge in [-0.15, -0.1) is 6.58 Å². The molecule has 1 saturated carbocycles. The number of nitrogens with one attached hydrogen (secondary N) is 1. The number of carbonyl (C=O) groups excluding carboxylic acids is 2. The molecule has 0 radical (unpaired) electrons. The molecule has 0 saturated heterocycles. The van der Waals surface area contributed by atoms with Crippen LogP contribution in [0.4, 0.5) is 4.79 Å². The largest absolute Gasteiger partial charge is 0.480 e. The number of hydrogen-bond donors (Lipinski definition) is 2. The highest BCUT2D eigenvalue weighted by Gasteiger charge is 2.32. The molecule has 0 aromatic heterocycles. The van der Waals surface area contributed by atoms with Crippen molar-refractivity contribution in [1.29, 1.82) is 0 Å². The van der Waals surface area contributed by atoms with Crippen molar-refractivity contribution in [3.05, 3.63) is 72.3 Å². The minimum absolute atomic E-state index is 0.0136. The predicted molar refractivity (Wildman–Crippen MR) is 133 cm³/mol. The van der Waals surface area contributed by atoms with Crippen LogP contribution >= 0.6 is 0 Å². The second-order valence-corrected chi connectivity index (χ2v) is 9.28. The summed E-state index contributed by atoms with van der Waals surface area (Å²) in [7, 11) is 0. The molecule has 2 aliphatic rings. The van der Waals surface area contributed by atoms with Crippen molar-refractivity contribution in [3.63, 3.8) is 0 Å². The molecule has 2 aromatic rings. The molecule has 2 unspecified atom stereocenters. The van der Waals surface area contributed by atoms with Crippen molar-refractivity contribution < 1.29 is 24.2 Å². The average molecular weight is 477 g/mol. The highest BCUT2D eigenvalue weighted by Crippen LogP contribution is 2.44. The van der Waals surface area contributed by atoms with E-state index in [-0.39, 0.29) is 49.9 Å². The van der Waals surface area contributed by atoms with Gasteiger partial charge in [0.15, 0.2) is 0 Å². The molecule has 0 aliphatic heterocycles. The smallest absolute Gasteiger partial charge is 0.407 e. The number of aliphatic carboxylic acids is 1. The zero-order valence-electron chi connectivity index (χ0n) is 19.8. The normalized spacial score (nSPS) is 18.7. The Kier molecular flexibility index (Phi) is 7.85. The lowest BCUT2D eigenvalue weighted by Gasteiger charge is -2.33. The number of hydrogen-bond acceptors (Lipinski definition) is 4. The molecule has 1 fully saturated rings. The summed E-state index contributed by atoms with van der Waals surface area (Å²) in [5.74, 6) is -1.37. The number of alkyl carbamates (subject to hydrolysis) is 1. The molecule has 7 nitrogen and oxygen atoms in total. The summed E-state index contributed by atoms with van der Waals surface area (Å²) in [5.41, 5.74) is 4.66. The van der Waals surface area contributed by atoms with E-state index in [0.29, 0.717) is 0 Å². The van der Waals surface area contributed by atoms with Crippen LogP contribution in [0.2, 0.25) is 0 Å². The molecule has 2 aliphatic carbocycles. The van der Waals surface area contributed by atoms with E-state index in [1.807, 2.05) is 24.3 Å². The van der Waals surface area contributed by atoms with E-state index in [9.17, 15) is 14.4 Å². The van der Waals surface area contributed by atoms with Crippen molar-refractivity contribution in [2.75, 3.05) is 19.7 Å². The van der Waals surface area contributed by atoms with Crippen molar-refractivity contribution in [2.45, 2.75) is 44.1 Å². The fourth-order valence-electron chi connectivity index (χ4n) is 5.36. The lowest BCUT2D eigenvalue weighted by atomic mass is 9.82. The van der Waals surface area contributed by atoms with Gasteiger partial charge in [0.05, 0.1) is 0 Å². The van der Waals surface area contributed by atoms with E-state index >= 15 is 0 Å². The number of fused-ring (bicyclic) bond motifs is 3. The molecular weight excluding hydrogens is 444 g/mol. The third-order valence-electron chi connectivity index (χ3n) is 7.02. The van der Waals surface area contributed by atoms with Crippen LogP contribution in [-0.2, 0) is 14.3 Å².